The maximum Gasteiger partial charge on any atom is 0.161 e. The molecule has 1 heterocycles. The Morgan fingerprint density at radius 3 is 2.31 bits per heavy atom. The van der Waals surface area contributed by atoms with E-state index in [2.05, 4.69) is 0 Å². The molecule has 16 heavy (non-hydrogen) atoms. The molecule has 0 aliphatic heterocycles. The summed E-state index contributed by atoms with van der Waals surface area (Å²) in [5.74, 6) is 1.46. The minimum absolute atomic E-state index is 0.727. The summed E-state index contributed by atoms with van der Waals surface area (Å²) in [6, 6.07) is 7.77. The summed E-state index contributed by atoms with van der Waals surface area (Å²) in [5.41, 5.74) is 7.88. The zero-order chi connectivity index (χ0) is 11.5. The summed E-state index contributed by atoms with van der Waals surface area (Å²) in [5, 5.41) is 2.83. The number of nitrogens with two attached hydrogens (primary N) is 1. The van der Waals surface area contributed by atoms with Crippen LogP contribution in [-0.2, 0) is 0 Å². The number of methoxy groups -OCH3 is 2. The van der Waals surface area contributed by atoms with Crippen LogP contribution in [0.15, 0.2) is 29.6 Å². The molecule has 4 heteroatoms. The average Bonchev–Trinajstić information content (AvgIpc) is 2.75. The van der Waals surface area contributed by atoms with E-state index in [1.54, 1.807) is 14.2 Å². The number of thiophene rings is 1. The number of nitrogen functional groups attached to an aromatic ring is 1. The third-order valence-electron chi connectivity index (χ3n) is 2.34. The molecule has 1 aromatic carbocycles. The van der Waals surface area contributed by atoms with Crippen LogP contribution in [0.25, 0.3) is 11.1 Å². The number of rotatable bonds is 3. The Hall–Kier alpha value is -1.68. The largest absolute Gasteiger partial charge is 0.493 e. The van der Waals surface area contributed by atoms with Gasteiger partial charge in [0.15, 0.2) is 11.5 Å². The molecule has 1 aromatic heterocycles. The highest BCUT2D eigenvalue weighted by Gasteiger charge is 2.06. The van der Waals surface area contributed by atoms with Crippen molar-refractivity contribution in [2.75, 3.05) is 20.0 Å². The maximum atomic E-state index is 5.71. The van der Waals surface area contributed by atoms with E-state index < -0.39 is 0 Å². The summed E-state index contributed by atoms with van der Waals surface area (Å²) in [6.45, 7) is 0. The molecule has 0 fully saturated rings. The van der Waals surface area contributed by atoms with Crippen molar-refractivity contribution in [2.45, 2.75) is 0 Å². The summed E-state index contributed by atoms with van der Waals surface area (Å²) in [7, 11) is 3.25. The second-order valence-electron chi connectivity index (χ2n) is 3.31. The molecule has 0 amide bonds. The molecular weight excluding hydrogens is 222 g/mol. The fourth-order valence-corrected chi connectivity index (χ4v) is 2.18. The van der Waals surface area contributed by atoms with Crippen LogP contribution in [0.3, 0.4) is 0 Å². The van der Waals surface area contributed by atoms with Crippen molar-refractivity contribution in [3.05, 3.63) is 29.6 Å². The first-order chi connectivity index (χ1) is 7.74. The fourth-order valence-electron chi connectivity index (χ4n) is 1.52. The molecule has 0 spiro atoms. The first kappa shape index (κ1) is 10.8. The van der Waals surface area contributed by atoms with Crippen molar-refractivity contribution in [3.8, 4) is 22.6 Å². The Kier molecular flexibility index (Phi) is 3.01. The van der Waals surface area contributed by atoms with Crippen LogP contribution in [0.2, 0.25) is 0 Å². The molecule has 0 aliphatic carbocycles. The van der Waals surface area contributed by atoms with Gasteiger partial charge >= 0.3 is 0 Å². The predicted molar refractivity (Wildman–Crippen MR) is 67.3 cm³/mol. The zero-order valence-corrected chi connectivity index (χ0v) is 10.0. The molecule has 2 N–H and O–H groups in total. The van der Waals surface area contributed by atoms with E-state index >= 15 is 0 Å². The molecular formula is C12H13NO2S. The zero-order valence-electron chi connectivity index (χ0n) is 9.19. The molecule has 3 nitrogen and oxygen atoms in total. The summed E-state index contributed by atoms with van der Waals surface area (Å²) < 4.78 is 10.4. The van der Waals surface area contributed by atoms with E-state index in [4.69, 9.17) is 15.2 Å². The van der Waals surface area contributed by atoms with E-state index in [9.17, 15) is 0 Å². The van der Waals surface area contributed by atoms with Gasteiger partial charge in [0.05, 0.1) is 19.2 Å². The Morgan fingerprint density at radius 1 is 1.00 bits per heavy atom. The lowest BCUT2D eigenvalue weighted by atomic mass is 10.1. The normalized spacial score (nSPS) is 10.1. The number of hydrogen-bond acceptors (Lipinski definition) is 4. The van der Waals surface area contributed by atoms with E-state index in [0.717, 1.165) is 27.6 Å². The highest BCUT2D eigenvalue weighted by atomic mass is 32.1. The quantitative estimate of drug-likeness (QED) is 0.889. The van der Waals surface area contributed by atoms with Crippen molar-refractivity contribution < 1.29 is 9.47 Å². The molecule has 2 rings (SSSR count). The fraction of sp³-hybridized carbons (Fsp3) is 0.167. The van der Waals surface area contributed by atoms with E-state index in [-0.39, 0.29) is 0 Å². The molecule has 0 saturated heterocycles. The van der Waals surface area contributed by atoms with Gasteiger partial charge in [-0.05, 0) is 29.3 Å². The monoisotopic (exact) mass is 235 g/mol. The Morgan fingerprint density at radius 2 is 1.75 bits per heavy atom. The van der Waals surface area contributed by atoms with Crippen LogP contribution in [0.4, 0.5) is 5.00 Å². The highest BCUT2D eigenvalue weighted by molar-refractivity contribution is 7.14. The number of hydrogen-bond donors (Lipinski definition) is 1. The highest BCUT2D eigenvalue weighted by Crippen LogP contribution is 2.34. The summed E-state index contributed by atoms with van der Waals surface area (Å²) >= 11 is 1.53. The van der Waals surface area contributed by atoms with E-state index in [1.807, 2.05) is 29.6 Å². The third-order valence-corrected chi connectivity index (χ3v) is 3.10. The van der Waals surface area contributed by atoms with E-state index in [0.29, 0.717) is 0 Å². The smallest absolute Gasteiger partial charge is 0.161 e. The van der Waals surface area contributed by atoms with Crippen molar-refractivity contribution in [2.24, 2.45) is 0 Å². The van der Waals surface area contributed by atoms with Gasteiger partial charge in [-0.3, -0.25) is 0 Å². The van der Waals surface area contributed by atoms with Crippen LogP contribution in [-0.4, -0.2) is 14.2 Å². The maximum absolute atomic E-state index is 5.71. The molecule has 0 unspecified atom stereocenters. The lowest BCUT2D eigenvalue weighted by molar-refractivity contribution is 0.355. The van der Waals surface area contributed by atoms with Gasteiger partial charge in [0.2, 0.25) is 0 Å². The molecule has 2 aromatic rings. The minimum Gasteiger partial charge on any atom is -0.493 e. The topological polar surface area (TPSA) is 44.5 Å². The van der Waals surface area contributed by atoms with Gasteiger partial charge in [0, 0.05) is 5.38 Å². The first-order valence-corrected chi connectivity index (χ1v) is 5.69. The number of benzene rings is 1. The van der Waals surface area contributed by atoms with Gasteiger partial charge in [-0.15, -0.1) is 11.3 Å². The molecule has 0 atom stereocenters. The SMILES string of the molecule is COc1ccc(-c2csc(N)c2)cc1OC. The van der Waals surface area contributed by atoms with Gasteiger partial charge in [-0.25, -0.2) is 0 Å². The molecule has 84 valence electrons. The second kappa shape index (κ2) is 4.45. The average molecular weight is 235 g/mol. The molecule has 0 saturated carbocycles. The van der Waals surface area contributed by atoms with Gasteiger partial charge in [0.1, 0.15) is 0 Å². The lowest BCUT2D eigenvalue weighted by Gasteiger charge is -2.08. The molecule has 0 aliphatic rings. The van der Waals surface area contributed by atoms with Crippen LogP contribution in [0, 0.1) is 0 Å². The minimum atomic E-state index is 0.727. The van der Waals surface area contributed by atoms with Crippen LogP contribution in [0.1, 0.15) is 0 Å². The Balaban J connectivity index is 2.43. The van der Waals surface area contributed by atoms with Crippen molar-refractivity contribution >= 4 is 16.3 Å². The van der Waals surface area contributed by atoms with Gasteiger partial charge in [0.25, 0.3) is 0 Å². The van der Waals surface area contributed by atoms with Crippen LogP contribution < -0.4 is 15.2 Å². The number of anilines is 1. The van der Waals surface area contributed by atoms with Crippen LogP contribution in [0.5, 0.6) is 11.5 Å². The first-order valence-electron chi connectivity index (χ1n) is 4.81. The molecule has 0 radical (unpaired) electrons. The van der Waals surface area contributed by atoms with Crippen molar-refractivity contribution in [1.29, 1.82) is 0 Å². The van der Waals surface area contributed by atoms with Crippen LogP contribution >= 0.6 is 11.3 Å². The third kappa shape index (κ3) is 1.97. The summed E-state index contributed by atoms with van der Waals surface area (Å²) in [4.78, 5) is 0. The predicted octanol–water partition coefficient (Wildman–Crippen LogP) is 3.01. The van der Waals surface area contributed by atoms with Gasteiger partial charge in [-0.2, -0.15) is 0 Å². The van der Waals surface area contributed by atoms with Crippen molar-refractivity contribution in [3.63, 3.8) is 0 Å². The number of ether oxygens (including phenoxy) is 2. The lowest BCUT2D eigenvalue weighted by Crippen LogP contribution is -1.90. The second-order valence-corrected chi connectivity index (χ2v) is 4.25. The molecule has 0 bridgehead atoms. The Bertz CT molecular complexity index is 494. The van der Waals surface area contributed by atoms with E-state index in [1.165, 1.54) is 11.3 Å². The van der Waals surface area contributed by atoms with Crippen molar-refractivity contribution in [1.82, 2.24) is 0 Å². The van der Waals surface area contributed by atoms with Gasteiger partial charge < -0.3 is 15.2 Å². The Labute approximate surface area is 98.4 Å². The standard InChI is InChI=1S/C12H13NO2S/c1-14-10-4-3-8(5-11(10)15-2)9-6-12(13)16-7-9/h3-7H,13H2,1-2H3. The van der Waals surface area contributed by atoms with Gasteiger partial charge in [-0.1, -0.05) is 6.07 Å². The summed E-state index contributed by atoms with van der Waals surface area (Å²) in [6.07, 6.45) is 0.